The summed E-state index contributed by atoms with van der Waals surface area (Å²) in [5.74, 6) is 0.381. The summed E-state index contributed by atoms with van der Waals surface area (Å²) in [5.41, 5.74) is 7.49. The van der Waals surface area contributed by atoms with Crippen molar-refractivity contribution in [1.82, 2.24) is 5.43 Å². The molecule has 176 valence electrons. The largest absolute Gasteiger partial charge is 0.497 e. The third-order valence-corrected chi connectivity index (χ3v) is 5.45. The maximum atomic E-state index is 12.6. The van der Waals surface area contributed by atoms with Gasteiger partial charge in [-0.2, -0.15) is 5.10 Å². The van der Waals surface area contributed by atoms with Crippen molar-refractivity contribution in [3.05, 3.63) is 95.1 Å². The zero-order valence-electron chi connectivity index (χ0n) is 20.3. The highest BCUT2D eigenvalue weighted by Crippen LogP contribution is 2.22. The van der Waals surface area contributed by atoms with Crippen LogP contribution in [0.3, 0.4) is 0 Å². The van der Waals surface area contributed by atoms with E-state index in [4.69, 9.17) is 4.74 Å². The van der Waals surface area contributed by atoms with Crippen molar-refractivity contribution in [2.45, 2.75) is 39.5 Å². The lowest BCUT2D eigenvalue weighted by molar-refractivity contribution is -0.120. The number of benzene rings is 3. The Kier molecular flexibility index (Phi) is 7.84. The van der Waals surface area contributed by atoms with Crippen molar-refractivity contribution in [3.63, 3.8) is 0 Å². The van der Waals surface area contributed by atoms with Crippen LogP contribution in [-0.2, 0) is 16.6 Å². The molecule has 0 radical (unpaired) electrons. The molecule has 3 aromatic rings. The number of methoxy groups -OCH3 is 1. The molecule has 0 aliphatic rings. The molecule has 0 aliphatic carbocycles. The number of nitrogens with zero attached hydrogens (tertiary/aromatic N) is 1. The molecule has 0 spiro atoms. The molecule has 3 aromatic carbocycles. The maximum Gasteiger partial charge on any atom is 0.255 e. The number of hydrogen-bond donors (Lipinski definition) is 2. The van der Waals surface area contributed by atoms with E-state index in [0.717, 1.165) is 16.9 Å². The number of hydrogen-bond acceptors (Lipinski definition) is 4. The number of hydrazone groups is 1. The molecule has 6 heteroatoms. The van der Waals surface area contributed by atoms with Crippen LogP contribution in [0.1, 0.15) is 54.7 Å². The van der Waals surface area contributed by atoms with Crippen molar-refractivity contribution in [2.24, 2.45) is 5.10 Å². The fourth-order valence-corrected chi connectivity index (χ4v) is 3.30. The van der Waals surface area contributed by atoms with E-state index in [0.29, 0.717) is 17.0 Å². The summed E-state index contributed by atoms with van der Waals surface area (Å²) in [6, 6.07) is 22.3. The lowest BCUT2D eigenvalue weighted by Crippen LogP contribution is -2.21. The minimum Gasteiger partial charge on any atom is -0.497 e. The number of rotatable bonds is 7. The monoisotopic (exact) mass is 457 g/mol. The Morgan fingerprint density at radius 3 is 2.00 bits per heavy atom. The van der Waals surface area contributed by atoms with E-state index in [-0.39, 0.29) is 23.7 Å². The second-order valence-corrected chi connectivity index (χ2v) is 9.12. The number of amides is 2. The van der Waals surface area contributed by atoms with Gasteiger partial charge >= 0.3 is 0 Å². The van der Waals surface area contributed by atoms with E-state index in [1.807, 2.05) is 79.7 Å². The molecule has 2 N–H and O–H groups in total. The van der Waals surface area contributed by atoms with Crippen LogP contribution < -0.4 is 15.5 Å². The molecule has 6 nitrogen and oxygen atoms in total. The molecule has 0 heterocycles. The Hall–Kier alpha value is -3.93. The number of ether oxygens (including phenoxy) is 1. The van der Waals surface area contributed by atoms with Crippen LogP contribution in [0.25, 0.3) is 0 Å². The standard InChI is InChI=1S/C28H31N3O3/c1-19(30-31-26(32)18-20-6-16-25(34-5)17-7-20)21-10-14-24(15-11-21)29-27(33)22-8-12-23(13-9-22)28(2,3)4/h6-17H,18H2,1-5H3,(H,29,33)(H,31,32). The minimum atomic E-state index is -0.203. The average molecular weight is 458 g/mol. The first-order chi connectivity index (χ1) is 16.2. The molecule has 0 fully saturated rings. The lowest BCUT2D eigenvalue weighted by Gasteiger charge is -2.19. The molecular formula is C28H31N3O3. The van der Waals surface area contributed by atoms with E-state index < -0.39 is 0 Å². The van der Waals surface area contributed by atoms with Crippen molar-refractivity contribution in [2.75, 3.05) is 12.4 Å². The minimum absolute atomic E-state index is 0.0411. The van der Waals surface area contributed by atoms with Gasteiger partial charge in [0.05, 0.1) is 19.2 Å². The first-order valence-corrected chi connectivity index (χ1v) is 11.1. The van der Waals surface area contributed by atoms with Gasteiger partial charge in [0.15, 0.2) is 0 Å². The Morgan fingerprint density at radius 1 is 0.853 bits per heavy atom. The second-order valence-electron chi connectivity index (χ2n) is 9.12. The first-order valence-electron chi connectivity index (χ1n) is 11.1. The molecule has 34 heavy (non-hydrogen) atoms. The Bertz CT molecular complexity index is 1160. The molecule has 0 aliphatic heterocycles. The number of carbonyl (C=O) groups excluding carboxylic acids is 2. The summed E-state index contributed by atoms with van der Waals surface area (Å²) < 4.78 is 5.12. The molecule has 0 saturated heterocycles. The van der Waals surface area contributed by atoms with Gasteiger partial charge in [0, 0.05) is 11.3 Å². The summed E-state index contributed by atoms with van der Waals surface area (Å²) in [6.45, 7) is 8.24. The predicted octanol–water partition coefficient (Wildman–Crippen LogP) is 5.33. The number of carbonyl (C=O) groups is 2. The fourth-order valence-electron chi connectivity index (χ4n) is 3.30. The third kappa shape index (κ3) is 6.78. The van der Waals surface area contributed by atoms with Gasteiger partial charge in [0.2, 0.25) is 5.91 Å². The maximum absolute atomic E-state index is 12.6. The van der Waals surface area contributed by atoms with Crippen LogP contribution in [0.5, 0.6) is 5.75 Å². The first kappa shape index (κ1) is 24.7. The molecule has 0 unspecified atom stereocenters. The van der Waals surface area contributed by atoms with Crippen LogP contribution in [-0.4, -0.2) is 24.6 Å². The average Bonchev–Trinajstić information content (AvgIpc) is 2.83. The summed E-state index contributed by atoms with van der Waals surface area (Å²) in [6.07, 6.45) is 0.225. The molecule has 0 atom stereocenters. The van der Waals surface area contributed by atoms with Gasteiger partial charge in [-0.25, -0.2) is 5.43 Å². The Balaban J connectivity index is 1.55. The SMILES string of the molecule is COc1ccc(CC(=O)NN=C(C)c2ccc(NC(=O)c3ccc(C(C)(C)C)cc3)cc2)cc1. The molecule has 0 aromatic heterocycles. The summed E-state index contributed by atoms with van der Waals surface area (Å²) in [7, 11) is 1.60. The van der Waals surface area contributed by atoms with Gasteiger partial charge < -0.3 is 10.1 Å². The van der Waals surface area contributed by atoms with Gasteiger partial charge in [0.25, 0.3) is 5.91 Å². The van der Waals surface area contributed by atoms with Crippen molar-refractivity contribution in [3.8, 4) is 5.75 Å². The van der Waals surface area contributed by atoms with Crippen LogP contribution in [0.4, 0.5) is 5.69 Å². The molecule has 3 rings (SSSR count). The van der Waals surface area contributed by atoms with Crippen LogP contribution in [0.15, 0.2) is 77.9 Å². The highest BCUT2D eigenvalue weighted by Gasteiger charge is 2.14. The molecule has 2 amide bonds. The van der Waals surface area contributed by atoms with Crippen LogP contribution in [0.2, 0.25) is 0 Å². The van der Waals surface area contributed by atoms with E-state index in [2.05, 4.69) is 36.6 Å². The number of anilines is 1. The summed E-state index contributed by atoms with van der Waals surface area (Å²) >= 11 is 0. The van der Waals surface area contributed by atoms with E-state index in [9.17, 15) is 9.59 Å². The second kappa shape index (κ2) is 10.8. The highest BCUT2D eigenvalue weighted by atomic mass is 16.5. The van der Waals surface area contributed by atoms with Gasteiger partial charge in [0.1, 0.15) is 5.75 Å². The molecular weight excluding hydrogens is 426 g/mol. The van der Waals surface area contributed by atoms with E-state index in [1.165, 1.54) is 5.56 Å². The van der Waals surface area contributed by atoms with Gasteiger partial charge in [-0.05, 0) is 65.4 Å². The van der Waals surface area contributed by atoms with E-state index in [1.54, 1.807) is 7.11 Å². The van der Waals surface area contributed by atoms with Gasteiger partial charge in [-0.1, -0.05) is 57.2 Å². The fraction of sp³-hybridized carbons (Fsp3) is 0.250. The zero-order valence-corrected chi connectivity index (χ0v) is 20.3. The normalized spacial score (nSPS) is 11.6. The van der Waals surface area contributed by atoms with Crippen molar-refractivity contribution in [1.29, 1.82) is 0 Å². The van der Waals surface area contributed by atoms with Gasteiger partial charge in [-0.15, -0.1) is 0 Å². The molecule has 0 bridgehead atoms. The zero-order chi connectivity index (χ0) is 24.7. The Labute approximate surface area is 201 Å². The third-order valence-electron chi connectivity index (χ3n) is 5.45. The topological polar surface area (TPSA) is 79.8 Å². The van der Waals surface area contributed by atoms with Crippen LogP contribution in [0, 0.1) is 0 Å². The number of nitrogens with one attached hydrogen (secondary N) is 2. The molecule has 0 saturated carbocycles. The predicted molar refractivity (Wildman–Crippen MR) is 137 cm³/mol. The summed E-state index contributed by atoms with van der Waals surface area (Å²) in [5, 5.41) is 7.11. The highest BCUT2D eigenvalue weighted by molar-refractivity contribution is 6.05. The Morgan fingerprint density at radius 2 is 1.44 bits per heavy atom. The lowest BCUT2D eigenvalue weighted by atomic mass is 9.87. The van der Waals surface area contributed by atoms with Gasteiger partial charge in [-0.3, -0.25) is 9.59 Å². The smallest absolute Gasteiger partial charge is 0.255 e. The van der Waals surface area contributed by atoms with Crippen molar-refractivity contribution >= 4 is 23.2 Å². The van der Waals surface area contributed by atoms with Crippen LogP contribution >= 0.6 is 0 Å². The quantitative estimate of drug-likeness (QED) is 0.372. The summed E-state index contributed by atoms with van der Waals surface area (Å²) in [4.78, 5) is 24.8. The van der Waals surface area contributed by atoms with E-state index >= 15 is 0 Å². The van der Waals surface area contributed by atoms with Crippen molar-refractivity contribution < 1.29 is 14.3 Å².